The first-order valence-electron chi connectivity index (χ1n) is 9.04. The summed E-state index contributed by atoms with van der Waals surface area (Å²) in [5.41, 5.74) is 2.11. The molecule has 1 atom stereocenters. The van der Waals surface area contributed by atoms with Crippen molar-refractivity contribution in [1.29, 1.82) is 0 Å². The fraction of sp³-hybridized carbons (Fsp3) is 0.333. The number of rotatable bonds is 5. The Morgan fingerprint density at radius 3 is 2.27 bits per heavy atom. The van der Waals surface area contributed by atoms with E-state index in [0.29, 0.717) is 5.25 Å². The number of hydrogen-bond donors (Lipinski definition) is 0. The van der Waals surface area contributed by atoms with E-state index in [1.54, 1.807) is 12.1 Å². The lowest BCUT2D eigenvalue weighted by atomic mass is 10.0. The van der Waals surface area contributed by atoms with Crippen molar-refractivity contribution in [3.63, 3.8) is 0 Å². The Labute approximate surface area is 159 Å². The van der Waals surface area contributed by atoms with Gasteiger partial charge in [-0.15, -0.1) is 3.77 Å². The average molecular weight is 388 g/mol. The van der Waals surface area contributed by atoms with Crippen LogP contribution in [0.15, 0.2) is 68.7 Å². The van der Waals surface area contributed by atoms with Crippen LogP contribution in [0.2, 0.25) is 0 Å². The van der Waals surface area contributed by atoms with Gasteiger partial charge >= 0.3 is 0 Å². The van der Waals surface area contributed by atoms with Gasteiger partial charge in [0.15, 0.2) is 0 Å². The highest BCUT2D eigenvalue weighted by Crippen LogP contribution is 2.26. The van der Waals surface area contributed by atoms with E-state index in [4.69, 9.17) is 0 Å². The standard InChI is InChI=1S/C21H25NO2S2/c1-18-12-14-21(15-13-18)26(23,24)22-25(20-10-6-3-7-11-20)17-16-19-8-4-2-5-9-19/h2,4-5,8-9,12-17,20H,3,6-7,10-11H2,1H3/b17-16+. The first-order valence-corrected chi connectivity index (χ1v) is 11.8. The second kappa shape index (κ2) is 8.78. The maximum atomic E-state index is 12.8. The fourth-order valence-corrected chi connectivity index (χ4v) is 6.83. The van der Waals surface area contributed by atoms with Crippen LogP contribution in [-0.4, -0.2) is 13.7 Å². The van der Waals surface area contributed by atoms with E-state index in [2.05, 4.69) is 3.77 Å². The summed E-state index contributed by atoms with van der Waals surface area (Å²) in [6.07, 6.45) is 7.66. The van der Waals surface area contributed by atoms with Gasteiger partial charge in [-0.05, 0) is 48.9 Å². The van der Waals surface area contributed by atoms with E-state index in [-0.39, 0.29) is 4.90 Å². The van der Waals surface area contributed by atoms with Gasteiger partial charge < -0.3 is 0 Å². The summed E-state index contributed by atoms with van der Waals surface area (Å²) in [4.78, 5) is 0.282. The first-order chi connectivity index (χ1) is 12.5. The number of hydrogen-bond acceptors (Lipinski definition) is 2. The molecule has 26 heavy (non-hydrogen) atoms. The Hall–Kier alpha value is -1.72. The van der Waals surface area contributed by atoms with Gasteiger partial charge in [-0.1, -0.05) is 78.0 Å². The van der Waals surface area contributed by atoms with Crippen LogP contribution in [0.3, 0.4) is 0 Å². The molecule has 1 fully saturated rings. The second-order valence-corrected chi connectivity index (χ2v) is 10.3. The highest BCUT2D eigenvalue weighted by atomic mass is 32.3. The smallest absolute Gasteiger partial charge is 0.199 e. The molecule has 1 aliphatic rings. The molecule has 2 aromatic carbocycles. The molecule has 0 amide bonds. The summed E-state index contributed by atoms with van der Waals surface area (Å²) in [6, 6.07) is 16.9. The molecular formula is C21H25NO2S2. The molecule has 3 rings (SSSR count). The third-order valence-corrected chi connectivity index (χ3v) is 8.51. The van der Waals surface area contributed by atoms with E-state index < -0.39 is 20.7 Å². The molecule has 0 heterocycles. The molecule has 0 radical (unpaired) electrons. The van der Waals surface area contributed by atoms with Crippen molar-refractivity contribution in [2.45, 2.75) is 49.2 Å². The number of nitrogens with zero attached hydrogens (tertiary/aromatic N) is 1. The molecule has 3 nitrogen and oxygen atoms in total. The van der Waals surface area contributed by atoms with Gasteiger partial charge in [0.05, 0.1) is 4.90 Å². The minimum atomic E-state index is -3.64. The Morgan fingerprint density at radius 2 is 1.62 bits per heavy atom. The summed E-state index contributed by atoms with van der Waals surface area (Å²) in [5.74, 6) is 0. The third-order valence-electron chi connectivity index (χ3n) is 4.60. The summed E-state index contributed by atoms with van der Waals surface area (Å²) in [5, 5.41) is 2.32. The highest BCUT2D eigenvalue weighted by molar-refractivity contribution is 8.01. The van der Waals surface area contributed by atoms with Crippen molar-refractivity contribution in [3.05, 3.63) is 71.1 Å². The van der Waals surface area contributed by atoms with Crippen LogP contribution in [0.4, 0.5) is 0 Å². The Kier molecular flexibility index (Phi) is 6.43. The summed E-state index contributed by atoms with van der Waals surface area (Å²) in [6.45, 7) is 1.95. The van der Waals surface area contributed by atoms with E-state index >= 15 is 0 Å². The number of sulfonamides is 1. The van der Waals surface area contributed by atoms with Crippen molar-refractivity contribution in [1.82, 2.24) is 0 Å². The van der Waals surface area contributed by atoms with Crippen molar-refractivity contribution >= 4 is 26.8 Å². The van der Waals surface area contributed by atoms with Gasteiger partial charge in [0.2, 0.25) is 0 Å². The minimum Gasteiger partial charge on any atom is -0.199 e. The molecule has 1 aliphatic carbocycles. The van der Waals surface area contributed by atoms with Crippen LogP contribution in [-0.2, 0) is 20.7 Å². The molecule has 5 heteroatoms. The largest absolute Gasteiger partial charge is 0.288 e. The van der Waals surface area contributed by atoms with Gasteiger partial charge in [0, 0.05) is 5.25 Å². The van der Waals surface area contributed by atoms with Crippen molar-refractivity contribution < 1.29 is 8.42 Å². The number of aryl methyl sites for hydroxylation is 1. The van der Waals surface area contributed by atoms with Gasteiger partial charge in [0.25, 0.3) is 10.0 Å². The summed E-state index contributed by atoms with van der Waals surface area (Å²) < 4.78 is 30.0. The predicted molar refractivity (Wildman–Crippen MR) is 111 cm³/mol. The molecule has 0 saturated heterocycles. The molecule has 0 aliphatic heterocycles. The van der Waals surface area contributed by atoms with Gasteiger partial charge in [-0.2, -0.15) is 8.42 Å². The summed E-state index contributed by atoms with van der Waals surface area (Å²) >= 11 is 0. The molecule has 0 N–H and O–H groups in total. The van der Waals surface area contributed by atoms with Gasteiger partial charge in [-0.3, -0.25) is 0 Å². The van der Waals surface area contributed by atoms with Crippen LogP contribution < -0.4 is 0 Å². The maximum absolute atomic E-state index is 12.8. The molecule has 1 saturated carbocycles. The van der Waals surface area contributed by atoms with Crippen LogP contribution >= 0.6 is 0 Å². The van der Waals surface area contributed by atoms with Crippen LogP contribution in [0.5, 0.6) is 0 Å². The number of benzene rings is 2. The topological polar surface area (TPSA) is 46.5 Å². The zero-order valence-corrected chi connectivity index (χ0v) is 16.7. The zero-order chi connectivity index (χ0) is 18.4. The quantitative estimate of drug-likeness (QED) is 0.681. The Balaban J connectivity index is 1.94. The monoisotopic (exact) mass is 387 g/mol. The van der Waals surface area contributed by atoms with Gasteiger partial charge in [0.1, 0.15) is 0 Å². The van der Waals surface area contributed by atoms with Crippen LogP contribution in [0.1, 0.15) is 43.2 Å². The first kappa shape index (κ1) is 19.1. The molecule has 2 aromatic rings. The average Bonchev–Trinajstić information content (AvgIpc) is 2.67. The third kappa shape index (κ3) is 5.15. The van der Waals surface area contributed by atoms with E-state index in [1.807, 2.05) is 60.9 Å². The normalized spacial score (nSPS) is 17.6. The van der Waals surface area contributed by atoms with Crippen LogP contribution in [0, 0.1) is 6.92 Å². The van der Waals surface area contributed by atoms with Crippen molar-refractivity contribution in [2.75, 3.05) is 0 Å². The summed E-state index contributed by atoms with van der Waals surface area (Å²) in [7, 11) is -4.27. The fourth-order valence-electron chi connectivity index (χ4n) is 3.08. The minimum absolute atomic E-state index is 0.282. The Bertz CT molecular complexity index is 879. The van der Waals surface area contributed by atoms with Crippen LogP contribution in [0.25, 0.3) is 6.08 Å². The lowest BCUT2D eigenvalue weighted by Crippen LogP contribution is -2.18. The second-order valence-electron chi connectivity index (χ2n) is 6.68. The van der Waals surface area contributed by atoms with Gasteiger partial charge in [-0.25, -0.2) is 0 Å². The molecule has 138 valence electrons. The van der Waals surface area contributed by atoms with E-state index in [9.17, 15) is 8.42 Å². The Morgan fingerprint density at radius 1 is 0.962 bits per heavy atom. The molecule has 0 aromatic heterocycles. The molecule has 0 bridgehead atoms. The maximum Gasteiger partial charge on any atom is 0.288 e. The van der Waals surface area contributed by atoms with E-state index in [0.717, 1.165) is 36.8 Å². The zero-order valence-electron chi connectivity index (χ0n) is 15.0. The van der Waals surface area contributed by atoms with E-state index in [1.165, 1.54) is 6.42 Å². The lowest BCUT2D eigenvalue weighted by Gasteiger charge is -2.22. The van der Waals surface area contributed by atoms with Crippen molar-refractivity contribution in [3.8, 4) is 0 Å². The molecule has 0 spiro atoms. The predicted octanol–water partition coefficient (Wildman–Crippen LogP) is 5.49. The molecular weight excluding hydrogens is 362 g/mol. The lowest BCUT2D eigenvalue weighted by molar-refractivity contribution is 0.515. The highest BCUT2D eigenvalue weighted by Gasteiger charge is 2.20. The molecule has 1 unspecified atom stereocenters. The van der Waals surface area contributed by atoms with Crippen molar-refractivity contribution in [2.24, 2.45) is 3.77 Å². The SMILES string of the molecule is Cc1ccc(S(=O)(=O)N=S(/C=C/c2ccccc2)C2CCCCC2)cc1.